The van der Waals surface area contributed by atoms with Gasteiger partial charge in [0.05, 0.1) is 0 Å². The van der Waals surface area contributed by atoms with Crippen molar-refractivity contribution in [2.24, 2.45) is 5.92 Å². The third kappa shape index (κ3) is 6.21. The Labute approximate surface area is 124 Å². The third-order valence-corrected chi connectivity index (χ3v) is 4.01. The fourth-order valence-electron chi connectivity index (χ4n) is 1.71. The molecule has 0 amide bonds. The van der Waals surface area contributed by atoms with Crippen LogP contribution in [0.4, 0.5) is 0 Å². The molecule has 0 aromatic heterocycles. The second-order valence-corrected chi connectivity index (χ2v) is 6.07. The molecular weight excluding hydrogens is 312 g/mol. The summed E-state index contributed by atoms with van der Waals surface area (Å²) in [7, 11) is 0. The summed E-state index contributed by atoms with van der Waals surface area (Å²) in [6.07, 6.45) is 2.19. The summed E-state index contributed by atoms with van der Waals surface area (Å²) in [5.74, 6) is 1.22. The minimum Gasteiger partial charge on any atom is -0.381 e. The van der Waals surface area contributed by atoms with Crippen LogP contribution in [0, 0.1) is 5.92 Å². The van der Waals surface area contributed by atoms with E-state index in [0.717, 1.165) is 36.4 Å². The maximum Gasteiger partial charge on any atom is 0.0472 e. The molecule has 1 nitrogen and oxygen atoms in total. The van der Waals surface area contributed by atoms with Crippen molar-refractivity contribution in [1.29, 1.82) is 0 Å². The smallest absolute Gasteiger partial charge is 0.0472 e. The van der Waals surface area contributed by atoms with Gasteiger partial charge in [-0.3, -0.25) is 0 Å². The van der Waals surface area contributed by atoms with E-state index < -0.39 is 0 Å². The minimum atomic E-state index is 0.501. The van der Waals surface area contributed by atoms with Crippen LogP contribution in [0.5, 0.6) is 0 Å². The molecule has 1 aromatic carbocycles. The largest absolute Gasteiger partial charge is 0.381 e. The highest BCUT2D eigenvalue weighted by Crippen LogP contribution is 2.23. The molecular formula is C15H22BrClO. The van der Waals surface area contributed by atoms with E-state index in [1.165, 1.54) is 5.56 Å². The van der Waals surface area contributed by atoms with E-state index in [0.29, 0.717) is 11.8 Å². The van der Waals surface area contributed by atoms with E-state index >= 15 is 0 Å². The van der Waals surface area contributed by atoms with Crippen molar-refractivity contribution in [3.63, 3.8) is 0 Å². The van der Waals surface area contributed by atoms with Gasteiger partial charge in [0, 0.05) is 23.6 Å². The molecule has 3 heteroatoms. The van der Waals surface area contributed by atoms with Crippen LogP contribution in [0.3, 0.4) is 0 Å². The summed E-state index contributed by atoms with van der Waals surface area (Å²) < 4.78 is 5.68. The second-order valence-electron chi connectivity index (χ2n) is 4.99. The maximum atomic E-state index is 5.90. The van der Waals surface area contributed by atoms with Crippen LogP contribution in [0.25, 0.3) is 0 Å². The lowest BCUT2D eigenvalue weighted by Crippen LogP contribution is -2.07. The van der Waals surface area contributed by atoms with E-state index in [1.807, 2.05) is 12.1 Å². The molecule has 0 N–H and O–H groups in total. The van der Waals surface area contributed by atoms with E-state index in [4.69, 9.17) is 16.3 Å². The normalized spacial score (nSPS) is 12.9. The molecule has 1 rings (SSSR count). The zero-order valence-corrected chi connectivity index (χ0v) is 13.5. The molecule has 1 aromatic rings. The molecule has 0 heterocycles. The molecule has 1 atom stereocenters. The van der Waals surface area contributed by atoms with E-state index in [9.17, 15) is 0 Å². The third-order valence-electron chi connectivity index (χ3n) is 2.98. The number of halogens is 2. The van der Waals surface area contributed by atoms with Gasteiger partial charge in [-0.2, -0.15) is 0 Å². The van der Waals surface area contributed by atoms with E-state index in [-0.39, 0.29) is 0 Å². The predicted octanol–water partition coefficient (Wildman–Crippen LogP) is 5.27. The molecule has 0 fully saturated rings. The van der Waals surface area contributed by atoms with E-state index in [2.05, 4.69) is 41.9 Å². The number of alkyl halides is 1. The molecule has 0 spiro atoms. The number of rotatable bonds is 8. The number of hydrogen-bond acceptors (Lipinski definition) is 1. The van der Waals surface area contributed by atoms with Crippen molar-refractivity contribution in [2.75, 3.05) is 18.5 Å². The van der Waals surface area contributed by atoms with Crippen molar-refractivity contribution in [1.82, 2.24) is 0 Å². The van der Waals surface area contributed by atoms with Crippen molar-refractivity contribution in [3.8, 4) is 0 Å². The lowest BCUT2D eigenvalue weighted by molar-refractivity contribution is 0.118. The fraction of sp³-hybridized carbons (Fsp3) is 0.600. The van der Waals surface area contributed by atoms with Crippen LogP contribution in [-0.2, 0) is 4.74 Å². The number of benzene rings is 1. The molecule has 1 unspecified atom stereocenters. The summed E-state index contributed by atoms with van der Waals surface area (Å²) in [4.78, 5) is 0. The highest BCUT2D eigenvalue weighted by atomic mass is 79.9. The van der Waals surface area contributed by atoms with Crippen LogP contribution >= 0.6 is 27.5 Å². The van der Waals surface area contributed by atoms with Gasteiger partial charge in [-0.05, 0) is 42.4 Å². The maximum absolute atomic E-state index is 5.90. The zero-order valence-electron chi connectivity index (χ0n) is 11.2. The summed E-state index contributed by atoms with van der Waals surface area (Å²) in [6.45, 7) is 6.13. The quantitative estimate of drug-likeness (QED) is 0.465. The minimum absolute atomic E-state index is 0.501. The molecule has 18 heavy (non-hydrogen) atoms. The van der Waals surface area contributed by atoms with Gasteiger partial charge < -0.3 is 4.74 Å². The van der Waals surface area contributed by atoms with Gasteiger partial charge in [-0.15, -0.1) is 0 Å². The number of hydrogen-bond donors (Lipinski definition) is 0. The molecule has 0 saturated carbocycles. The van der Waals surface area contributed by atoms with E-state index in [1.54, 1.807) is 0 Å². The topological polar surface area (TPSA) is 9.23 Å². The van der Waals surface area contributed by atoms with Crippen LogP contribution in [0.2, 0.25) is 5.02 Å². The van der Waals surface area contributed by atoms with Gasteiger partial charge in [-0.1, -0.05) is 53.5 Å². The Balaban J connectivity index is 2.31. The molecule has 0 aliphatic heterocycles. The molecule has 0 bridgehead atoms. The highest BCUT2D eigenvalue weighted by Gasteiger charge is 2.09. The Morgan fingerprint density at radius 1 is 1.11 bits per heavy atom. The van der Waals surface area contributed by atoms with Crippen LogP contribution in [0.15, 0.2) is 24.3 Å². The Morgan fingerprint density at radius 3 is 2.28 bits per heavy atom. The molecule has 0 radical (unpaired) electrons. The first-order valence-corrected chi connectivity index (χ1v) is 8.02. The average Bonchev–Trinajstić information content (AvgIpc) is 2.35. The molecule has 0 aliphatic rings. The average molecular weight is 334 g/mol. The summed E-state index contributed by atoms with van der Waals surface area (Å²) in [5, 5.41) is 1.75. The SMILES string of the molecule is CC(C)CCOCCC(CBr)c1ccc(Cl)cc1. The molecule has 102 valence electrons. The highest BCUT2D eigenvalue weighted by molar-refractivity contribution is 9.09. The van der Waals surface area contributed by atoms with Gasteiger partial charge in [0.1, 0.15) is 0 Å². The first kappa shape index (κ1) is 16.0. The van der Waals surface area contributed by atoms with Crippen LogP contribution in [-0.4, -0.2) is 18.5 Å². The standard InChI is InChI=1S/C15H22BrClO/c1-12(2)7-9-18-10-8-14(11-16)13-3-5-15(17)6-4-13/h3-6,12,14H,7-11H2,1-2H3. The van der Waals surface area contributed by atoms with Gasteiger partial charge in [0.25, 0.3) is 0 Å². The summed E-state index contributed by atoms with van der Waals surface area (Å²) in [6, 6.07) is 8.10. The monoisotopic (exact) mass is 332 g/mol. The second kappa shape index (κ2) is 8.95. The van der Waals surface area contributed by atoms with Crippen molar-refractivity contribution >= 4 is 27.5 Å². The lowest BCUT2D eigenvalue weighted by Gasteiger charge is -2.15. The Bertz CT molecular complexity index is 324. The summed E-state index contributed by atoms with van der Waals surface area (Å²) >= 11 is 9.47. The van der Waals surface area contributed by atoms with Crippen LogP contribution in [0.1, 0.15) is 38.2 Å². The fourth-order valence-corrected chi connectivity index (χ4v) is 2.54. The summed E-state index contributed by atoms with van der Waals surface area (Å²) in [5.41, 5.74) is 1.32. The number of ether oxygens (including phenoxy) is 1. The van der Waals surface area contributed by atoms with Gasteiger partial charge in [0.2, 0.25) is 0 Å². The van der Waals surface area contributed by atoms with Crippen molar-refractivity contribution in [2.45, 2.75) is 32.6 Å². The first-order chi connectivity index (χ1) is 8.63. The van der Waals surface area contributed by atoms with Crippen molar-refractivity contribution in [3.05, 3.63) is 34.9 Å². The molecule has 0 aliphatic carbocycles. The predicted molar refractivity (Wildman–Crippen MR) is 82.9 cm³/mol. The Morgan fingerprint density at radius 2 is 1.72 bits per heavy atom. The molecule has 0 saturated heterocycles. The van der Waals surface area contributed by atoms with Crippen molar-refractivity contribution < 1.29 is 4.74 Å². The first-order valence-electron chi connectivity index (χ1n) is 6.52. The zero-order chi connectivity index (χ0) is 13.4. The van der Waals surface area contributed by atoms with Gasteiger partial charge >= 0.3 is 0 Å². The van der Waals surface area contributed by atoms with Gasteiger partial charge in [0.15, 0.2) is 0 Å². The van der Waals surface area contributed by atoms with Gasteiger partial charge in [-0.25, -0.2) is 0 Å². The Hall–Kier alpha value is -0.0500. The Kier molecular flexibility index (Phi) is 7.96. The van der Waals surface area contributed by atoms with Crippen LogP contribution < -0.4 is 0 Å². The lowest BCUT2D eigenvalue weighted by atomic mass is 9.98.